The van der Waals surface area contributed by atoms with Crippen LogP contribution in [0.3, 0.4) is 0 Å². The minimum absolute atomic E-state index is 0.196. The minimum Gasteiger partial charge on any atom is -0.391 e. The normalized spacial score (nSPS) is 26.9. The molecule has 4 atom stereocenters. The van der Waals surface area contributed by atoms with Crippen LogP contribution in [0.5, 0.6) is 0 Å². The second kappa shape index (κ2) is 6.49. The topological polar surface area (TPSA) is 84.9 Å². The largest absolute Gasteiger partial charge is 0.391 e. The van der Waals surface area contributed by atoms with Gasteiger partial charge in [0.15, 0.2) is 5.79 Å². The minimum atomic E-state index is -3.67. The van der Waals surface area contributed by atoms with E-state index in [0.717, 1.165) is 5.56 Å². The highest BCUT2D eigenvalue weighted by Crippen LogP contribution is 2.32. The van der Waals surface area contributed by atoms with E-state index in [1.807, 2.05) is 6.92 Å². The van der Waals surface area contributed by atoms with Gasteiger partial charge in [-0.2, -0.15) is 0 Å². The van der Waals surface area contributed by atoms with Gasteiger partial charge in [0, 0.05) is 6.04 Å². The molecule has 7 heteroatoms. The number of aryl methyl sites for hydroxylation is 1. The van der Waals surface area contributed by atoms with Gasteiger partial charge in [-0.3, -0.25) is 0 Å². The van der Waals surface area contributed by atoms with Gasteiger partial charge in [-0.1, -0.05) is 17.7 Å². The van der Waals surface area contributed by atoms with Crippen molar-refractivity contribution >= 4 is 10.0 Å². The number of hydrogen-bond acceptors (Lipinski definition) is 5. The van der Waals surface area contributed by atoms with Crippen molar-refractivity contribution in [1.29, 1.82) is 0 Å². The molecule has 1 heterocycles. The third kappa shape index (κ3) is 4.30. The maximum absolute atomic E-state index is 12.5. The lowest BCUT2D eigenvalue weighted by atomic mass is 10.0. The molecule has 2 rings (SSSR count). The van der Waals surface area contributed by atoms with E-state index in [-0.39, 0.29) is 4.90 Å². The van der Waals surface area contributed by atoms with E-state index in [9.17, 15) is 13.5 Å². The van der Waals surface area contributed by atoms with E-state index < -0.39 is 40.2 Å². The van der Waals surface area contributed by atoms with Crippen molar-refractivity contribution in [1.82, 2.24) is 4.72 Å². The Bertz CT molecular complexity index is 639. The molecule has 1 saturated heterocycles. The van der Waals surface area contributed by atoms with Crippen LogP contribution >= 0.6 is 0 Å². The van der Waals surface area contributed by atoms with Gasteiger partial charge in [0.25, 0.3) is 0 Å². The standard InChI is InChI=1S/C16H25NO5S/c1-10-6-8-13(9-7-10)23(19,20)17-11(2)14-15(12(3)18)22-16(4,5)21-14/h6-9,11-12,14-15,17-18H,1-5H3/t11-,12-,14-,15-/m1/s1. The monoisotopic (exact) mass is 343 g/mol. The molecule has 6 nitrogen and oxygen atoms in total. The van der Waals surface area contributed by atoms with Crippen LogP contribution in [0, 0.1) is 6.92 Å². The van der Waals surface area contributed by atoms with Gasteiger partial charge in [0.1, 0.15) is 12.2 Å². The highest BCUT2D eigenvalue weighted by atomic mass is 32.2. The van der Waals surface area contributed by atoms with Gasteiger partial charge in [-0.15, -0.1) is 0 Å². The van der Waals surface area contributed by atoms with E-state index in [1.54, 1.807) is 52.0 Å². The average Bonchev–Trinajstić information content (AvgIpc) is 2.75. The van der Waals surface area contributed by atoms with Crippen LogP contribution in [0.4, 0.5) is 0 Å². The van der Waals surface area contributed by atoms with Crippen molar-refractivity contribution in [2.45, 2.75) is 69.7 Å². The maximum atomic E-state index is 12.5. The molecule has 0 spiro atoms. The zero-order valence-corrected chi connectivity index (χ0v) is 14.9. The Kier molecular flexibility index (Phi) is 5.18. The van der Waals surface area contributed by atoms with Gasteiger partial charge in [-0.25, -0.2) is 13.1 Å². The summed E-state index contributed by atoms with van der Waals surface area (Å²) in [5.74, 6) is -0.865. The summed E-state index contributed by atoms with van der Waals surface area (Å²) in [6, 6.07) is 6.06. The number of aliphatic hydroxyl groups excluding tert-OH is 1. The van der Waals surface area contributed by atoms with E-state index >= 15 is 0 Å². The van der Waals surface area contributed by atoms with Crippen molar-refractivity contribution in [3.05, 3.63) is 29.8 Å². The molecule has 0 unspecified atom stereocenters. The lowest BCUT2D eigenvalue weighted by Gasteiger charge is -2.25. The number of benzene rings is 1. The molecule has 23 heavy (non-hydrogen) atoms. The van der Waals surface area contributed by atoms with Crippen LogP contribution in [0.1, 0.15) is 33.3 Å². The third-order valence-corrected chi connectivity index (χ3v) is 5.38. The summed E-state index contributed by atoms with van der Waals surface area (Å²) in [5.41, 5.74) is 0.987. The van der Waals surface area contributed by atoms with Crippen molar-refractivity contribution < 1.29 is 23.0 Å². The highest BCUT2D eigenvalue weighted by molar-refractivity contribution is 7.89. The number of rotatable bonds is 5. The molecule has 0 bridgehead atoms. The quantitative estimate of drug-likeness (QED) is 0.847. The van der Waals surface area contributed by atoms with E-state index in [4.69, 9.17) is 9.47 Å². The molecular formula is C16H25NO5S. The molecular weight excluding hydrogens is 318 g/mol. The van der Waals surface area contributed by atoms with Gasteiger partial charge < -0.3 is 14.6 Å². The first-order valence-corrected chi connectivity index (χ1v) is 9.13. The first kappa shape index (κ1) is 18.4. The molecule has 0 radical (unpaired) electrons. The zero-order valence-electron chi connectivity index (χ0n) is 14.1. The first-order chi connectivity index (χ1) is 10.5. The van der Waals surface area contributed by atoms with E-state index in [2.05, 4.69) is 4.72 Å². The van der Waals surface area contributed by atoms with Gasteiger partial charge >= 0.3 is 0 Å². The maximum Gasteiger partial charge on any atom is 0.240 e. The summed E-state index contributed by atoms with van der Waals surface area (Å²) >= 11 is 0. The van der Waals surface area contributed by atoms with Crippen molar-refractivity contribution in [3.63, 3.8) is 0 Å². The van der Waals surface area contributed by atoms with Crippen LogP contribution in [-0.2, 0) is 19.5 Å². The Labute approximate surface area is 137 Å². The molecule has 0 saturated carbocycles. The van der Waals surface area contributed by atoms with Crippen molar-refractivity contribution in [2.75, 3.05) is 0 Å². The molecule has 0 amide bonds. The molecule has 130 valence electrons. The molecule has 2 N–H and O–H groups in total. The summed E-state index contributed by atoms with van der Waals surface area (Å²) in [6.45, 7) is 8.68. The Morgan fingerprint density at radius 3 is 2.17 bits per heavy atom. The van der Waals surface area contributed by atoms with Crippen LogP contribution in [0.15, 0.2) is 29.2 Å². The van der Waals surface area contributed by atoms with Crippen molar-refractivity contribution in [3.8, 4) is 0 Å². The predicted molar refractivity (Wildman–Crippen MR) is 86.5 cm³/mol. The second-order valence-electron chi connectivity index (χ2n) is 6.53. The lowest BCUT2D eigenvalue weighted by Crippen LogP contribution is -2.48. The Hall–Kier alpha value is -0.990. The van der Waals surface area contributed by atoms with E-state index in [0.29, 0.717) is 0 Å². The smallest absolute Gasteiger partial charge is 0.240 e. The average molecular weight is 343 g/mol. The summed E-state index contributed by atoms with van der Waals surface area (Å²) in [4.78, 5) is 0.196. The van der Waals surface area contributed by atoms with Crippen LogP contribution < -0.4 is 4.72 Å². The number of nitrogens with one attached hydrogen (secondary N) is 1. The number of hydrogen-bond donors (Lipinski definition) is 2. The summed E-state index contributed by atoms with van der Waals surface area (Å²) in [5, 5.41) is 9.87. The van der Waals surface area contributed by atoms with Gasteiger partial charge in [0.05, 0.1) is 11.0 Å². The molecule has 0 aromatic heterocycles. The highest BCUT2D eigenvalue weighted by Gasteiger charge is 2.46. The zero-order chi connectivity index (χ0) is 17.4. The number of ether oxygens (including phenoxy) is 2. The Balaban J connectivity index is 2.17. The molecule has 1 fully saturated rings. The molecule has 1 aromatic carbocycles. The predicted octanol–water partition coefficient (Wildman–Crippen LogP) is 1.56. The van der Waals surface area contributed by atoms with Crippen LogP contribution in [0.2, 0.25) is 0 Å². The fourth-order valence-electron chi connectivity index (χ4n) is 2.67. The molecule has 1 aliphatic rings. The number of aliphatic hydroxyl groups is 1. The van der Waals surface area contributed by atoms with Gasteiger partial charge in [0.2, 0.25) is 10.0 Å². The second-order valence-corrected chi connectivity index (χ2v) is 8.24. The molecule has 1 aliphatic heterocycles. The third-order valence-electron chi connectivity index (χ3n) is 3.80. The Morgan fingerprint density at radius 2 is 1.65 bits per heavy atom. The fourth-order valence-corrected chi connectivity index (χ4v) is 3.93. The Morgan fingerprint density at radius 1 is 1.13 bits per heavy atom. The summed E-state index contributed by atoms with van der Waals surface area (Å²) in [7, 11) is -3.67. The van der Waals surface area contributed by atoms with Gasteiger partial charge in [-0.05, 0) is 46.8 Å². The molecule has 0 aliphatic carbocycles. The van der Waals surface area contributed by atoms with Crippen LogP contribution in [0.25, 0.3) is 0 Å². The molecule has 1 aromatic rings. The lowest BCUT2D eigenvalue weighted by molar-refractivity contribution is -0.155. The fraction of sp³-hybridized carbons (Fsp3) is 0.625. The SMILES string of the molecule is Cc1ccc(S(=O)(=O)N[C@H](C)[C@H]2OC(C)(C)O[C@@H]2[C@@H](C)O)cc1. The number of sulfonamides is 1. The summed E-state index contributed by atoms with van der Waals surface area (Å²) < 4.78 is 39.0. The van der Waals surface area contributed by atoms with Crippen molar-refractivity contribution in [2.24, 2.45) is 0 Å². The first-order valence-electron chi connectivity index (χ1n) is 7.64. The van der Waals surface area contributed by atoms with Crippen LogP contribution in [-0.4, -0.2) is 43.7 Å². The van der Waals surface area contributed by atoms with E-state index in [1.165, 1.54) is 0 Å². The summed E-state index contributed by atoms with van der Waals surface area (Å²) in [6.07, 6.45) is -1.95.